The van der Waals surface area contributed by atoms with Crippen LogP contribution in [0.15, 0.2) is 0 Å². The summed E-state index contributed by atoms with van der Waals surface area (Å²) >= 11 is 0. The molecular weight excluding hydrogens is 879 g/mol. The molecule has 0 bridgehead atoms. The summed E-state index contributed by atoms with van der Waals surface area (Å²) in [6.07, 6.45) is 0.0960. The van der Waals surface area contributed by atoms with Crippen molar-refractivity contribution in [2.24, 2.45) is 0 Å². The lowest BCUT2D eigenvalue weighted by Gasteiger charge is -2.48. The molecule has 3 heterocycles. The fraction of sp³-hybridized carbons (Fsp3) is 0.979. The molecule has 0 spiro atoms. The van der Waals surface area contributed by atoms with Crippen molar-refractivity contribution in [2.75, 3.05) is 26.4 Å². The summed E-state index contributed by atoms with van der Waals surface area (Å²) in [6, 6.07) is -0.875. The number of hydrogen-bond acceptors (Lipinski definition) is 18. The van der Waals surface area contributed by atoms with Crippen LogP contribution in [0.1, 0.15) is 168 Å². The predicted octanol–water partition coefficient (Wildman–Crippen LogP) is 1.70. The van der Waals surface area contributed by atoms with Crippen LogP contribution < -0.4 is 5.32 Å². The molecular formula is C48H91NO18. The Kier molecular flexibility index (Phi) is 30.7. The molecule has 17 atom stereocenters. The molecule has 3 fully saturated rings. The van der Waals surface area contributed by atoms with Crippen molar-refractivity contribution < 1.29 is 89.4 Å². The molecule has 19 heteroatoms. The lowest BCUT2D eigenvalue weighted by Crippen LogP contribution is -2.66. The topological polar surface area (TPSA) is 307 Å². The molecule has 0 aromatic carbocycles. The van der Waals surface area contributed by atoms with E-state index in [-0.39, 0.29) is 18.9 Å². The van der Waals surface area contributed by atoms with E-state index in [4.69, 9.17) is 28.4 Å². The highest BCUT2D eigenvalue weighted by Crippen LogP contribution is 2.33. The van der Waals surface area contributed by atoms with Crippen molar-refractivity contribution >= 4 is 5.91 Å². The lowest BCUT2D eigenvalue weighted by atomic mass is 9.96. The smallest absolute Gasteiger partial charge is 0.220 e. The Morgan fingerprint density at radius 2 is 0.851 bits per heavy atom. The van der Waals surface area contributed by atoms with E-state index < -0.39 is 124 Å². The van der Waals surface area contributed by atoms with Crippen LogP contribution in [0.3, 0.4) is 0 Å². The van der Waals surface area contributed by atoms with Crippen molar-refractivity contribution in [2.45, 2.75) is 272 Å². The first kappa shape index (κ1) is 60.1. The van der Waals surface area contributed by atoms with Gasteiger partial charge in [0.2, 0.25) is 5.91 Å². The van der Waals surface area contributed by atoms with E-state index in [1.54, 1.807) is 0 Å². The van der Waals surface area contributed by atoms with E-state index in [9.17, 15) is 61.0 Å². The van der Waals surface area contributed by atoms with Crippen LogP contribution in [0.5, 0.6) is 0 Å². The summed E-state index contributed by atoms with van der Waals surface area (Å²) < 4.78 is 34.0. The highest BCUT2D eigenvalue weighted by molar-refractivity contribution is 5.76. The number of aliphatic hydroxyl groups excluding tert-OH is 11. The number of amides is 1. The third-order valence-corrected chi connectivity index (χ3v) is 13.4. The molecule has 3 aliphatic heterocycles. The molecule has 3 aliphatic rings. The van der Waals surface area contributed by atoms with Gasteiger partial charge in [0.25, 0.3) is 0 Å². The summed E-state index contributed by atoms with van der Waals surface area (Å²) in [4.78, 5) is 13.0. The van der Waals surface area contributed by atoms with Gasteiger partial charge in [-0.2, -0.15) is 0 Å². The molecule has 3 saturated heterocycles. The molecule has 12 N–H and O–H groups in total. The van der Waals surface area contributed by atoms with Crippen molar-refractivity contribution in [3.63, 3.8) is 0 Å². The van der Waals surface area contributed by atoms with Gasteiger partial charge in [0.1, 0.15) is 73.2 Å². The van der Waals surface area contributed by atoms with Crippen LogP contribution in [-0.4, -0.2) is 193 Å². The highest BCUT2D eigenvalue weighted by Gasteiger charge is 2.53. The number of nitrogens with one attached hydrogen (secondary N) is 1. The Labute approximate surface area is 398 Å². The molecule has 1 amide bonds. The number of unbranched alkanes of at least 4 members (excludes halogenated alkanes) is 20. The summed E-state index contributed by atoms with van der Waals surface area (Å²) in [6.45, 7) is 1.63. The molecule has 3 rings (SSSR count). The summed E-state index contributed by atoms with van der Waals surface area (Å²) in [5.41, 5.74) is 0. The average Bonchev–Trinajstić information content (AvgIpc) is 3.32. The number of hydrogen-bond donors (Lipinski definition) is 12. The Balaban J connectivity index is 1.47. The first-order valence-electron chi connectivity index (χ1n) is 25.8. The van der Waals surface area contributed by atoms with Gasteiger partial charge in [0, 0.05) is 6.42 Å². The minimum Gasteiger partial charge on any atom is -0.394 e. The highest BCUT2D eigenvalue weighted by atomic mass is 16.8. The van der Waals surface area contributed by atoms with Crippen molar-refractivity contribution in [3.05, 3.63) is 0 Å². The lowest BCUT2D eigenvalue weighted by molar-refractivity contribution is -0.379. The third kappa shape index (κ3) is 20.4. The van der Waals surface area contributed by atoms with E-state index in [0.717, 1.165) is 44.9 Å². The Morgan fingerprint density at radius 3 is 1.30 bits per heavy atom. The number of carbonyl (C=O) groups excluding carboxylic acids is 1. The zero-order valence-corrected chi connectivity index (χ0v) is 40.4. The van der Waals surface area contributed by atoms with Crippen LogP contribution in [0.4, 0.5) is 0 Å². The number of aliphatic hydroxyl groups is 11. The number of ether oxygens (including phenoxy) is 6. The summed E-state index contributed by atoms with van der Waals surface area (Å²) in [5, 5.41) is 119. The average molecular weight is 970 g/mol. The fourth-order valence-corrected chi connectivity index (χ4v) is 9.08. The second-order valence-corrected chi connectivity index (χ2v) is 19.0. The molecule has 396 valence electrons. The maximum atomic E-state index is 13.0. The summed E-state index contributed by atoms with van der Waals surface area (Å²) in [7, 11) is 0. The standard InChI is InChI=1S/C48H91NO18/c1-3-5-7-9-10-11-12-13-14-15-16-17-18-19-20-21-22-23-25-32(53)31(49-36(54)26-24-8-6-4-2)30-62-46-42(60)39(57)44(34(28-51)64-46)67-48-43(61)40(58)45(35(29-52)65-48)66-47-41(59)38(56)37(55)33(27-50)63-47/h31-35,37-48,50-53,55-61H,3-30H2,1-2H3,(H,49,54). The number of carbonyl (C=O) groups is 1. The minimum atomic E-state index is -1.97. The Morgan fingerprint density at radius 1 is 0.478 bits per heavy atom. The van der Waals surface area contributed by atoms with E-state index in [1.807, 2.05) is 0 Å². The predicted molar refractivity (Wildman–Crippen MR) is 245 cm³/mol. The largest absolute Gasteiger partial charge is 0.394 e. The van der Waals surface area contributed by atoms with Gasteiger partial charge >= 0.3 is 0 Å². The van der Waals surface area contributed by atoms with Gasteiger partial charge in [-0.3, -0.25) is 4.79 Å². The third-order valence-electron chi connectivity index (χ3n) is 13.4. The molecule has 19 nitrogen and oxygen atoms in total. The molecule has 0 radical (unpaired) electrons. The normalized spacial score (nSPS) is 33.4. The van der Waals surface area contributed by atoms with Crippen molar-refractivity contribution in [3.8, 4) is 0 Å². The summed E-state index contributed by atoms with van der Waals surface area (Å²) in [5.74, 6) is -0.261. The molecule has 0 aliphatic carbocycles. The maximum absolute atomic E-state index is 13.0. The SMILES string of the molecule is CCCCCCCCCCCCCCCCCCCCC(O)C(COC1OC(CO)C(OC2OC(CO)C(OC3OC(CO)C(O)C(O)C3O)C(O)C2O)C(O)C1O)NC(=O)CCCCCC. The monoisotopic (exact) mass is 970 g/mol. The van der Waals surface area contributed by atoms with Gasteiger partial charge in [-0.1, -0.05) is 149 Å². The van der Waals surface area contributed by atoms with Crippen LogP contribution >= 0.6 is 0 Å². The molecule has 0 aromatic heterocycles. The van der Waals surface area contributed by atoms with E-state index >= 15 is 0 Å². The van der Waals surface area contributed by atoms with E-state index in [2.05, 4.69) is 19.2 Å². The van der Waals surface area contributed by atoms with E-state index in [1.165, 1.54) is 89.9 Å². The van der Waals surface area contributed by atoms with Gasteiger partial charge in [0.05, 0.1) is 38.6 Å². The van der Waals surface area contributed by atoms with Gasteiger partial charge in [-0.05, 0) is 12.8 Å². The molecule has 0 aromatic rings. The van der Waals surface area contributed by atoms with Gasteiger partial charge in [-0.15, -0.1) is 0 Å². The minimum absolute atomic E-state index is 0.261. The van der Waals surface area contributed by atoms with Crippen molar-refractivity contribution in [1.82, 2.24) is 5.32 Å². The first-order chi connectivity index (χ1) is 32.3. The van der Waals surface area contributed by atoms with Gasteiger partial charge in [-0.25, -0.2) is 0 Å². The van der Waals surface area contributed by atoms with Gasteiger partial charge in [0.15, 0.2) is 18.9 Å². The molecule has 67 heavy (non-hydrogen) atoms. The van der Waals surface area contributed by atoms with E-state index in [0.29, 0.717) is 12.8 Å². The van der Waals surface area contributed by atoms with Crippen LogP contribution in [0.2, 0.25) is 0 Å². The van der Waals surface area contributed by atoms with Crippen molar-refractivity contribution in [1.29, 1.82) is 0 Å². The maximum Gasteiger partial charge on any atom is 0.220 e. The van der Waals surface area contributed by atoms with Crippen LogP contribution in [0, 0.1) is 0 Å². The molecule has 0 saturated carbocycles. The second kappa shape index (κ2) is 34.2. The first-order valence-corrected chi connectivity index (χ1v) is 25.8. The Hall–Kier alpha value is -1.21. The van der Waals surface area contributed by atoms with Crippen LogP contribution in [0.25, 0.3) is 0 Å². The second-order valence-electron chi connectivity index (χ2n) is 19.0. The zero-order valence-electron chi connectivity index (χ0n) is 40.4. The number of rotatable bonds is 36. The zero-order chi connectivity index (χ0) is 49.1. The quantitative estimate of drug-likeness (QED) is 0.0398. The Bertz CT molecular complexity index is 1250. The van der Waals surface area contributed by atoms with Crippen LogP contribution in [-0.2, 0) is 33.2 Å². The molecule has 17 unspecified atom stereocenters. The fourth-order valence-electron chi connectivity index (χ4n) is 9.08. The van der Waals surface area contributed by atoms with Gasteiger partial charge < -0.3 is 89.9 Å².